The number of hydrogen-bond acceptors (Lipinski definition) is 3. The molecule has 0 aliphatic heterocycles. The lowest BCUT2D eigenvalue weighted by Crippen LogP contribution is -2.34. The van der Waals surface area contributed by atoms with Crippen molar-refractivity contribution in [1.82, 2.24) is 9.71 Å². The predicted molar refractivity (Wildman–Crippen MR) is 71.8 cm³/mol. The van der Waals surface area contributed by atoms with Crippen LogP contribution in [0.4, 0.5) is 0 Å². The molecule has 0 aromatic carbocycles. The molecule has 0 spiro atoms. The van der Waals surface area contributed by atoms with Crippen LogP contribution in [0, 0.1) is 0 Å². The molecular weight excluding hydrogens is 248 g/mol. The maximum absolute atomic E-state index is 11.8. The number of nitrogens with one attached hydrogen (secondary N) is 1. The number of aromatic nitrogens is 1. The lowest BCUT2D eigenvalue weighted by Gasteiger charge is -2.15. The first-order valence-corrected chi connectivity index (χ1v) is 8.12. The second-order valence-electron chi connectivity index (χ2n) is 4.99. The first kappa shape index (κ1) is 13.5. The van der Waals surface area contributed by atoms with E-state index in [1.165, 1.54) is 0 Å². The maximum atomic E-state index is 11.8. The van der Waals surface area contributed by atoms with Crippen LogP contribution in [0.2, 0.25) is 0 Å². The van der Waals surface area contributed by atoms with Crippen molar-refractivity contribution in [1.29, 1.82) is 0 Å². The largest absolute Gasteiger partial charge is 0.261 e. The highest BCUT2D eigenvalue weighted by atomic mass is 32.2. The van der Waals surface area contributed by atoms with E-state index in [-0.39, 0.29) is 11.2 Å². The second-order valence-corrected chi connectivity index (χ2v) is 6.92. The monoisotopic (exact) mass is 268 g/mol. The van der Waals surface area contributed by atoms with Crippen LogP contribution in [0.25, 0.3) is 0 Å². The molecule has 1 N–H and O–H groups in total. The molecule has 0 unspecified atom stereocenters. The molecule has 1 aliphatic rings. The SMILES string of the molecule is CCCCS(=O)(=O)NCC1(c2ccccn2)CC1. The van der Waals surface area contributed by atoms with Gasteiger partial charge in [0.05, 0.1) is 5.75 Å². The van der Waals surface area contributed by atoms with Gasteiger partial charge >= 0.3 is 0 Å². The van der Waals surface area contributed by atoms with Gasteiger partial charge in [-0.3, -0.25) is 4.98 Å². The molecule has 1 heterocycles. The molecule has 1 saturated carbocycles. The smallest absolute Gasteiger partial charge is 0.211 e. The zero-order valence-corrected chi connectivity index (χ0v) is 11.5. The summed E-state index contributed by atoms with van der Waals surface area (Å²) in [5, 5.41) is 0. The third-order valence-electron chi connectivity index (χ3n) is 3.46. The van der Waals surface area contributed by atoms with Crippen LogP contribution in [0.15, 0.2) is 24.4 Å². The average Bonchev–Trinajstić information content (AvgIpc) is 3.17. The molecule has 1 aromatic rings. The fraction of sp³-hybridized carbons (Fsp3) is 0.615. The van der Waals surface area contributed by atoms with Crippen LogP contribution in [0.3, 0.4) is 0 Å². The van der Waals surface area contributed by atoms with Gasteiger partial charge in [-0.2, -0.15) is 0 Å². The van der Waals surface area contributed by atoms with E-state index in [0.717, 1.165) is 25.0 Å². The first-order chi connectivity index (χ1) is 8.58. The molecule has 0 bridgehead atoms. The highest BCUT2D eigenvalue weighted by Gasteiger charge is 2.45. The van der Waals surface area contributed by atoms with Crippen molar-refractivity contribution < 1.29 is 8.42 Å². The molecule has 100 valence electrons. The van der Waals surface area contributed by atoms with Gasteiger partial charge < -0.3 is 0 Å². The minimum atomic E-state index is -3.12. The molecule has 1 fully saturated rings. The van der Waals surface area contributed by atoms with Gasteiger partial charge in [-0.25, -0.2) is 13.1 Å². The minimum absolute atomic E-state index is 0.0550. The van der Waals surface area contributed by atoms with Gasteiger partial charge in [-0.1, -0.05) is 19.4 Å². The third kappa shape index (κ3) is 3.29. The number of unbranched alkanes of at least 4 members (excludes halogenated alkanes) is 1. The van der Waals surface area contributed by atoms with Crippen LogP contribution in [-0.2, 0) is 15.4 Å². The van der Waals surface area contributed by atoms with Crippen molar-refractivity contribution >= 4 is 10.0 Å². The maximum Gasteiger partial charge on any atom is 0.211 e. The molecule has 5 heteroatoms. The zero-order valence-electron chi connectivity index (χ0n) is 10.7. The number of rotatable bonds is 7. The highest BCUT2D eigenvalue weighted by molar-refractivity contribution is 7.89. The summed E-state index contributed by atoms with van der Waals surface area (Å²) >= 11 is 0. The lowest BCUT2D eigenvalue weighted by molar-refractivity contribution is 0.561. The molecule has 1 aliphatic carbocycles. The Morgan fingerprint density at radius 2 is 2.17 bits per heavy atom. The summed E-state index contributed by atoms with van der Waals surface area (Å²) in [6.07, 6.45) is 5.40. The molecule has 0 saturated heterocycles. The van der Waals surface area contributed by atoms with Gasteiger partial charge in [0.2, 0.25) is 10.0 Å². The summed E-state index contributed by atoms with van der Waals surface area (Å²) in [5.74, 6) is 0.224. The van der Waals surface area contributed by atoms with E-state index in [9.17, 15) is 8.42 Å². The summed E-state index contributed by atoms with van der Waals surface area (Å²) in [6, 6.07) is 5.81. The summed E-state index contributed by atoms with van der Waals surface area (Å²) in [6.45, 7) is 2.47. The van der Waals surface area contributed by atoms with E-state index in [4.69, 9.17) is 0 Å². The third-order valence-corrected chi connectivity index (χ3v) is 4.87. The van der Waals surface area contributed by atoms with E-state index in [1.807, 2.05) is 25.1 Å². The number of sulfonamides is 1. The lowest BCUT2D eigenvalue weighted by atomic mass is 10.0. The Morgan fingerprint density at radius 1 is 1.39 bits per heavy atom. The Labute approximate surface area is 109 Å². The fourth-order valence-electron chi connectivity index (χ4n) is 2.01. The number of pyridine rings is 1. The van der Waals surface area contributed by atoms with Crippen LogP contribution >= 0.6 is 0 Å². The minimum Gasteiger partial charge on any atom is -0.261 e. The molecule has 18 heavy (non-hydrogen) atoms. The summed E-state index contributed by atoms with van der Waals surface area (Å²) in [4.78, 5) is 4.34. The number of hydrogen-bond donors (Lipinski definition) is 1. The van der Waals surface area contributed by atoms with Gasteiger partial charge in [0, 0.05) is 23.9 Å². The van der Waals surface area contributed by atoms with Crippen LogP contribution in [0.1, 0.15) is 38.3 Å². The summed E-state index contributed by atoms with van der Waals surface area (Å²) < 4.78 is 26.3. The van der Waals surface area contributed by atoms with Crippen molar-refractivity contribution in [3.63, 3.8) is 0 Å². The predicted octanol–water partition coefficient (Wildman–Crippen LogP) is 1.83. The van der Waals surface area contributed by atoms with E-state index < -0.39 is 10.0 Å². The van der Waals surface area contributed by atoms with E-state index >= 15 is 0 Å². The molecule has 0 amide bonds. The molecule has 2 rings (SSSR count). The standard InChI is InChI=1S/C13H20N2O2S/c1-2-3-10-18(16,17)15-11-13(7-8-13)12-6-4-5-9-14-12/h4-6,9,15H,2-3,7-8,10-11H2,1H3. The highest BCUT2D eigenvalue weighted by Crippen LogP contribution is 2.46. The van der Waals surface area contributed by atoms with Crippen LogP contribution in [-0.4, -0.2) is 25.7 Å². The Balaban J connectivity index is 1.95. The normalized spacial score (nSPS) is 17.6. The van der Waals surface area contributed by atoms with E-state index in [1.54, 1.807) is 6.20 Å². The molecular formula is C13H20N2O2S. The van der Waals surface area contributed by atoms with Crippen molar-refractivity contribution in [2.24, 2.45) is 0 Å². The molecule has 0 atom stereocenters. The summed E-state index contributed by atoms with van der Waals surface area (Å²) in [5.41, 5.74) is 0.948. The quantitative estimate of drug-likeness (QED) is 0.820. The molecule has 4 nitrogen and oxygen atoms in total. The van der Waals surface area contributed by atoms with Gasteiger partial charge in [-0.15, -0.1) is 0 Å². The van der Waals surface area contributed by atoms with Crippen LogP contribution < -0.4 is 4.72 Å². The second kappa shape index (κ2) is 5.36. The molecule has 0 radical (unpaired) electrons. The van der Waals surface area contributed by atoms with E-state index in [0.29, 0.717) is 13.0 Å². The van der Waals surface area contributed by atoms with E-state index in [2.05, 4.69) is 9.71 Å². The van der Waals surface area contributed by atoms with Gasteiger partial charge in [0.15, 0.2) is 0 Å². The Morgan fingerprint density at radius 3 is 2.72 bits per heavy atom. The van der Waals surface area contributed by atoms with Gasteiger partial charge in [0.25, 0.3) is 0 Å². The van der Waals surface area contributed by atoms with Crippen molar-refractivity contribution in [2.45, 2.75) is 38.0 Å². The van der Waals surface area contributed by atoms with Crippen molar-refractivity contribution in [3.8, 4) is 0 Å². The Hall–Kier alpha value is -0.940. The van der Waals surface area contributed by atoms with Crippen LogP contribution in [0.5, 0.6) is 0 Å². The zero-order chi connectivity index (χ0) is 13.1. The Bertz CT molecular complexity index is 481. The average molecular weight is 268 g/mol. The number of nitrogens with zero attached hydrogens (tertiary/aromatic N) is 1. The molecule has 1 aromatic heterocycles. The van der Waals surface area contributed by atoms with Crippen molar-refractivity contribution in [3.05, 3.63) is 30.1 Å². The summed E-state index contributed by atoms with van der Waals surface area (Å²) in [7, 11) is -3.12. The van der Waals surface area contributed by atoms with Crippen molar-refractivity contribution in [2.75, 3.05) is 12.3 Å². The first-order valence-electron chi connectivity index (χ1n) is 6.47. The Kier molecular flexibility index (Phi) is 4.02. The van der Waals surface area contributed by atoms with Gasteiger partial charge in [0.1, 0.15) is 0 Å². The fourth-order valence-corrected chi connectivity index (χ4v) is 3.31. The van der Waals surface area contributed by atoms with Gasteiger partial charge in [-0.05, 0) is 31.4 Å². The topological polar surface area (TPSA) is 59.1 Å².